The molecule has 0 bridgehead atoms. The Hall–Kier alpha value is -3.61. The van der Waals surface area contributed by atoms with Gasteiger partial charge in [0.1, 0.15) is 6.04 Å². The second-order valence-electron chi connectivity index (χ2n) is 8.12. The van der Waals surface area contributed by atoms with E-state index in [0.29, 0.717) is 24.9 Å². The van der Waals surface area contributed by atoms with Crippen molar-refractivity contribution in [3.8, 4) is 0 Å². The van der Waals surface area contributed by atoms with E-state index in [1.54, 1.807) is 0 Å². The number of nitrogens with one attached hydrogen (secondary N) is 2. The summed E-state index contributed by atoms with van der Waals surface area (Å²) in [6, 6.07) is 14.7. The molecular weight excluding hydrogens is 421 g/mol. The molecule has 2 heterocycles. The molecule has 0 unspecified atom stereocenters. The van der Waals surface area contributed by atoms with Gasteiger partial charge in [-0.1, -0.05) is 36.4 Å². The lowest BCUT2D eigenvalue weighted by molar-refractivity contribution is -0.142. The molecule has 0 spiro atoms. The lowest BCUT2D eigenvalue weighted by atomic mass is 10.0. The van der Waals surface area contributed by atoms with Crippen LogP contribution in [0, 0.1) is 0 Å². The second-order valence-corrected chi connectivity index (χ2v) is 8.12. The van der Waals surface area contributed by atoms with Gasteiger partial charge in [-0.3, -0.25) is 9.18 Å². The van der Waals surface area contributed by atoms with Crippen LogP contribution in [0.5, 0.6) is 0 Å². The molecule has 7 heteroatoms. The van der Waals surface area contributed by atoms with Gasteiger partial charge < -0.3 is 19.6 Å². The molecule has 0 saturated carbocycles. The third kappa shape index (κ3) is 4.92. The predicted octanol–water partition coefficient (Wildman–Crippen LogP) is 4.78. The average Bonchev–Trinajstić information content (AvgIpc) is 3.42. The molecule has 1 atom stereocenters. The number of benzene rings is 2. The quantitative estimate of drug-likeness (QED) is 0.270. The maximum Gasteiger partial charge on any atom is 0.328 e. The normalized spacial score (nSPS) is 12.2. The van der Waals surface area contributed by atoms with Crippen molar-refractivity contribution < 1.29 is 18.7 Å². The Balaban J connectivity index is 1.57. The van der Waals surface area contributed by atoms with Gasteiger partial charge in [0, 0.05) is 47.2 Å². The molecule has 0 aliphatic heterocycles. The SMILES string of the molecule is COC(=O)[C@@H](Cc1c[nH]c2ccccc12)NC(=O)c1cn(CCCCCF)c2ccccc12. The molecule has 0 saturated heterocycles. The number of carbonyl (C=O) groups excluding carboxylic acids is 2. The molecule has 6 nitrogen and oxygen atoms in total. The Kier molecular flexibility index (Phi) is 7.07. The van der Waals surface area contributed by atoms with Crippen molar-refractivity contribution in [2.75, 3.05) is 13.8 Å². The van der Waals surface area contributed by atoms with E-state index >= 15 is 0 Å². The second kappa shape index (κ2) is 10.3. The van der Waals surface area contributed by atoms with Crippen molar-refractivity contribution in [1.82, 2.24) is 14.9 Å². The van der Waals surface area contributed by atoms with Gasteiger partial charge in [0.25, 0.3) is 5.91 Å². The number of esters is 1. The first-order valence-corrected chi connectivity index (χ1v) is 11.2. The van der Waals surface area contributed by atoms with Crippen LogP contribution in [-0.4, -0.2) is 41.3 Å². The van der Waals surface area contributed by atoms with Crippen LogP contribution in [0.15, 0.2) is 60.9 Å². The van der Waals surface area contributed by atoms with Gasteiger partial charge in [0.15, 0.2) is 0 Å². The maximum atomic E-state index is 13.3. The van der Waals surface area contributed by atoms with Gasteiger partial charge >= 0.3 is 5.97 Å². The summed E-state index contributed by atoms with van der Waals surface area (Å²) in [6.07, 6.45) is 6.14. The molecule has 2 aromatic carbocycles. The van der Waals surface area contributed by atoms with E-state index < -0.39 is 12.0 Å². The van der Waals surface area contributed by atoms with Crippen LogP contribution in [0.25, 0.3) is 21.8 Å². The van der Waals surface area contributed by atoms with Gasteiger partial charge in [0.05, 0.1) is 19.3 Å². The third-order valence-corrected chi connectivity index (χ3v) is 5.96. The van der Waals surface area contributed by atoms with E-state index in [4.69, 9.17) is 4.74 Å². The highest BCUT2D eigenvalue weighted by Crippen LogP contribution is 2.23. The molecule has 172 valence electrons. The number of aryl methyl sites for hydroxylation is 1. The first-order chi connectivity index (χ1) is 16.1. The molecule has 0 radical (unpaired) electrons. The van der Waals surface area contributed by atoms with Gasteiger partial charge in [-0.05, 0) is 37.0 Å². The molecule has 0 aliphatic rings. The summed E-state index contributed by atoms with van der Waals surface area (Å²) in [5.74, 6) is -0.826. The van der Waals surface area contributed by atoms with E-state index in [9.17, 15) is 14.0 Å². The van der Waals surface area contributed by atoms with Crippen LogP contribution in [0.1, 0.15) is 35.2 Å². The molecule has 4 rings (SSSR count). The molecule has 0 fully saturated rings. The number of nitrogens with zero attached hydrogens (tertiary/aromatic N) is 1. The van der Waals surface area contributed by atoms with Crippen molar-refractivity contribution in [3.63, 3.8) is 0 Å². The van der Waals surface area contributed by atoms with Gasteiger partial charge in [0.2, 0.25) is 0 Å². The van der Waals surface area contributed by atoms with Crippen molar-refractivity contribution >= 4 is 33.7 Å². The number of hydrogen-bond acceptors (Lipinski definition) is 3. The summed E-state index contributed by atoms with van der Waals surface area (Å²) >= 11 is 0. The molecule has 2 aromatic heterocycles. The first kappa shape index (κ1) is 22.6. The van der Waals surface area contributed by atoms with Gasteiger partial charge in [-0.2, -0.15) is 0 Å². The summed E-state index contributed by atoms with van der Waals surface area (Å²) in [6.45, 7) is 0.384. The minimum absolute atomic E-state index is 0.310. The van der Waals surface area contributed by atoms with Gasteiger partial charge in [-0.25, -0.2) is 4.79 Å². The number of methoxy groups -OCH3 is 1. The lowest BCUT2D eigenvalue weighted by Crippen LogP contribution is -2.43. The Labute approximate surface area is 191 Å². The van der Waals surface area contributed by atoms with E-state index in [1.807, 2.05) is 65.5 Å². The number of unbranched alkanes of at least 4 members (excludes halogenated alkanes) is 2. The summed E-state index contributed by atoms with van der Waals surface area (Å²) in [7, 11) is 1.32. The van der Waals surface area contributed by atoms with Crippen LogP contribution in [0.4, 0.5) is 4.39 Å². The van der Waals surface area contributed by atoms with Crippen LogP contribution >= 0.6 is 0 Å². The Bertz CT molecular complexity index is 1260. The molecule has 33 heavy (non-hydrogen) atoms. The zero-order valence-corrected chi connectivity index (χ0v) is 18.6. The van der Waals surface area contributed by atoms with Crippen molar-refractivity contribution in [1.29, 1.82) is 0 Å². The lowest BCUT2D eigenvalue weighted by Gasteiger charge is -2.16. The molecule has 1 amide bonds. The highest BCUT2D eigenvalue weighted by molar-refractivity contribution is 6.08. The number of aromatic nitrogens is 2. The smallest absolute Gasteiger partial charge is 0.328 e. The number of halogens is 1. The Morgan fingerprint density at radius 3 is 2.61 bits per heavy atom. The minimum atomic E-state index is -0.826. The molecular formula is C26H28FN3O3. The number of amides is 1. The molecule has 0 aliphatic carbocycles. The van der Waals surface area contributed by atoms with E-state index in [0.717, 1.165) is 40.2 Å². The number of ether oxygens (including phenoxy) is 1. The highest BCUT2D eigenvalue weighted by atomic mass is 19.1. The standard InChI is InChI=1S/C26H28FN3O3/c1-33-26(32)23(15-18-16-28-22-11-5-3-9-19(18)22)29-25(31)21-17-30(14-8-2-7-13-27)24-12-6-4-10-20(21)24/h3-6,9-12,16-17,23,28H,2,7-8,13-15H2,1H3,(H,29,31)/t23-/m1/s1. The van der Waals surface area contributed by atoms with Gasteiger partial charge in [-0.15, -0.1) is 0 Å². The summed E-state index contributed by atoms with van der Waals surface area (Å²) in [5.41, 5.74) is 3.34. The number of carbonyl (C=O) groups is 2. The largest absolute Gasteiger partial charge is 0.467 e. The summed E-state index contributed by atoms with van der Waals surface area (Å²) in [5, 5.41) is 4.70. The number of para-hydroxylation sites is 2. The van der Waals surface area contributed by atoms with E-state index in [-0.39, 0.29) is 12.6 Å². The average molecular weight is 450 g/mol. The number of H-pyrrole nitrogens is 1. The number of alkyl halides is 1. The van der Waals surface area contributed by atoms with Crippen molar-refractivity contribution in [3.05, 3.63) is 72.1 Å². The zero-order valence-electron chi connectivity index (χ0n) is 18.6. The minimum Gasteiger partial charge on any atom is -0.467 e. The topological polar surface area (TPSA) is 76.1 Å². The van der Waals surface area contributed by atoms with Crippen molar-refractivity contribution in [2.45, 2.75) is 38.3 Å². The number of hydrogen-bond donors (Lipinski definition) is 2. The maximum absolute atomic E-state index is 13.3. The predicted molar refractivity (Wildman–Crippen MR) is 127 cm³/mol. The Morgan fingerprint density at radius 2 is 1.82 bits per heavy atom. The summed E-state index contributed by atoms with van der Waals surface area (Å²) < 4.78 is 19.4. The fourth-order valence-electron chi connectivity index (χ4n) is 4.26. The molecule has 2 N–H and O–H groups in total. The fraction of sp³-hybridized carbons (Fsp3) is 0.308. The van der Waals surface area contributed by atoms with E-state index in [1.165, 1.54) is 7.11 Å². The fourth-order valence-corrected chi connectivity index (χ4v) is 4.26. The monoisotopic (exact) mass is 449 g/mol. The molecule has 4 aromatic rings. The van der Waals surface area contributed by atoms with Crippen LogP contribution in [-0.2, 0) is 22.5 Å². The Morgan fingerprint density at radius 1 is 1.06 bits per heavy atom. The highest BCUT2D eigenvalue weighted by Gasteiger charge is 2.25. The first-order valence-electron chi connectivity index (χ1n) is 11.2. The van der Waals surface area contributed by atoms with Crippen molar-refractivity contribution in [2.24, 2.45) is 0 Å². The van der Waals surface area contributed by atoms with Crippen LogP contribution in [0.2, 0.25) is 0 Å². The number of fused-ring (bicyclic) bond motifs is 2. The number of rotatable bonds is 10. The van der Waals surface area contributed by atoms with Crippen LogP contribution in [0.3, 0.4) is 0 Å². The summed E-state index contributed by atoms with van der Waals surface area (Å²) in [4.78, 5) is 29.0. The zero-order chi connectivity index (χ0) is 23.2. The third-order valence-electron chi connectivity index (χ3n) is 5.96. The van der Waals surface area contributed by atoms with E-state index in [2.05, 4.69) is 10.3 Å². The number of aromatic amines is 1. The van der Waals surface area contributed by atoms with Crippen LogP contribution < -0.4 is 5.32 Å².